The molecule has 1 aliphatic rings. The Morgan fingerprint density at radius 2 is 2.17 bits per heavy atom. The molecule has 3 heteroatoms. The van der Waals surface area contributed by atoms with Gasteiger partial charge < -0.3 is 4.74 Å². The summed E-state index contributed by atoms with van der Waals surface area (Å²) in [4.78, 5) is 10.9. The van der Waals surface area contributed by atoms with Gasteiger partial charge in [-0.25, -0.2) is 4.79 Å². The number of rotatable bonds is 2. The largest absolute Gasteiger partial charge is 0.465 e. The molecule has 2 nitrogen and oxygen atoms in total. The van der Waals surface area contributed by atoms with Gasteiger partial charge in [0.2, 0.25) is 0 Å². The van der Waals surface area contributed by atoms with E-state index in [1.54, 1.807) is 0 Å². The number of esters is 1. The second-order valence-corrected chi connectivity index (χ2v) is 4.66. The third kappa shape index (κ3) is 2.09. The fourth-order valence-corrected chi connectivity index (χ4v) is 1.62. The van der Waals surface area contributed by atoms with Crippen molar-refractivity contribution in [2.45, 2.75) is 20.3 Å². The summed E-state index contributed by atoms with van der Waals surface area (Å²) in [6.07, 6.45) is 3.09. The Hall–Kier alpha value is -0.310. The Labute approximate surface area is 81.1 Å². The number of methoxy groups -OCH3 is 1. The molecule has 0 aromatic heterocycles. The zero-order chi connectivity index (χ0) is 9.35. The minimum Gasteiger partial charge on any atom is -0.465 e. The molecule has 0 aromatic carbocycles. The van der Waals surface area contributed by atoms with E-state index in [2.05, 4.69) is 34.5 Å². The third-order valence-electron chi connectivity index (χ3n) is 2.32. The van der Waals surface area contributed by atoms with E-state index in [1.807, 2.05) is 6.08 Å². The number of halogens is 1. The van der Waals surface area contributed by atoms with Crippen LogP contribution in [0, 0.1) is 11.3 Å². The molecule has 0 heterocycles. The van der Waals surface area contributed by atoms with Gasteiger partial charge in [0, 0.05) is 0 Å². The first-order valence-electron chi connectivity index (χ1n) is 3.93. The predicted molar refractivity (Wildman–Crippen MR) is 50.9 cm³/mol. The average Bonchev–Trinajstić information content (AvgIpc) is 2.57. The lowest BCUT2D eigenvalue weighted by Crippen LogP contribution is -2.00. The fourth-order valence-electron chi connectivity index (χ4n) is 1.13. The van der Waals surface area contributed by atoms with E-state index in [0.717, 1.165) is 6.42 Å². The first kappa shape index (κ1) is 9.78. The van der Waals surface area contributed by atoms with Gasteiger partial charge in [-0.1, -0.05) is 19.9 Å². The molecule has 1 aliphatic carbocycles. The molecular formula is C9H13BrO2. The van der Waals surface area contributed by atoms with Crippen LogP contribution in [0.15, 0.2) is 10.6 Å². The van der Waals surface area contributed by atoms with Crippen LogP contribution in [0.2, 0.25) is 0 Å². The van der Waals surface area contributed by atoms with Gasteiger partial charge in [0.25, 0.3) is 0 Å². The number of hydrogen-bond acceptors (Lipinski definition) is 2. The van der Waals surface area contributed by atoms with Crippen molar-refractivity contribution in [1.82, 2.24) is 0 Å². The van der Waals surface area contributed by atoms with E-state index in [0.29, 0.717) is 15.8 Å². The molecule has 0 aliphatic heterocycles. The Balaban J connectivity index is 2.54. The van der Waals surface area contributed by atoms with Gasteiger partial charge in [-0.15, -0.1) is 0 Å². The molecule has 1 fully saturated rings. The Morgan fingerprint density at radius 3 is 2.50 bits per heavy atom. The molecule has 0 N–H and O–H groups in total. The number of carbonyl (C=O) groups excluding carboxylic acids is 1. The zero-order valence-corrected chi connectivity index (χ0v) is 9.14. The van der Waals surface area contributed by atoms with Gasteiger partial charge in [-0.3, -0.25) is 0 Å². The maximum atomic E-state index is 10.9. The van der Waals surface area contributed by atoms with Crippen LogP contribution in [-0.2, 0) is 9.53 Å². The maximum absolute atomic E-state index is 10.9. The summed E-state index contributed by atoms with van der Waals surface area (Å²) in [5.74, 6) is 0.226. The normalized spacial score (nSPS) is 26.7. The molecule has 0 saturated heterocycles. The highest BCUT2D eigenvalue weighted by Crippen LogP contribution is 2.53. The standard InChI is InChI=1S/C9H13BrO2/c1-9(2)5-6(9)4-7(10)8(11)12-3/h4,6H,5H2,1-3H3/b7-4-. The van der Waals surface area contributed by atoms with Crippen molar-refractivity contribution in [2.24, 2.45) is 11.3 Å². The van der Waals surface area contributed by atoms with Crippen LogP contribution in [0.4, 0.5) is 0 Å². The summed E-state index contributed by atoms with van der Waals surface area (Å²) in [5, 5.41) is 0. The molecule has 0 spiro atoms. The lowest BCUT2D eigenvalue weighted by molar-refractivity contribution is -0.135. The summed E-state index contributed by atoms with van der Waals surface area (Å²) in [7, 11) is 1.38. The first-order chi connectivity index (χ1) is 5.47. The van der Waals surface area contributed by atoms with Crippen LogP contribution in [0.3, 0.4) is 0 Å². The summed E-state index contributed by atoms with van der Waals surface area (Å²) in [5.41, 5.74) is 0.368. The van der Waals surface area contributed by atoms with Gasteiger partial charge >= 0.3 is 5.97 Å². The van der Waals surface area contributed by atoms with Crippen LogP contribution in [0.5, 0.6) is 0 Å². The van der Waals surface area contributed by atoms with Gasteiger partial charge in [0.15, 0.2) is 0 Å². The van der Waals surface area contributed by atoms with Crippen LogP contribution in [0.1, 0.15) is 20.3 Å². The smallest absolute Gasteiger partial charge is 0.344 e. The molecule has 0 aromatic rings. The van der Waals surface area contributed by atoms with Crippen molar-refractivity contribution in [3.63, 3.8) is 0 Å². The molecule has 68 valence electrons. The van der Waals surface area contributed by atoms with Gasteiger partial charge in [0.05, 0.1) is 11.6 Å². The Morgan fingerprint density at radius 1 is 1.67 bits per heavy atom. The molecule has 0 amide bonds. The molecule has 1 atom stereocenters. The summed E-state index contributed by atoms with van der Waals surface area (Å²) in [6, 6.07) is 0. The van der Waals surface area contributed by atoms with E-state index in [-0.39, 0.29) is 5.97 Å². The SMILES string of the molecule is COC(=O)/C(Br)=C/C1CC1(C)C. The predicted octanol–water partition coefficient (Wildman–Crippen LogP) is 2.48. The molecule has 0 bridgehead atoms. The summed E-state index contributed by atoms with van der Waals surface area (Å²) < 4.78 is 5.10. The molecule has 1 unspecified atom stereocenters. The maximum Gasteiger partial charge on any atom is 0.344 e. The van der Waals surface area contributed by atoms with Crippen molar-refractivity contribution in [1.29, 1.82) is 0 Å². The first-order valence-corrected chi connectivity index (χ1v) is 4.72. The highest BCUT2D eigenvalue weighted by molar-refractivity contribution is 9.12. The van der Waals surface area contributed by atoms with Crippen molar-refractivity contribution in [3.05, 3.63) is 10.6 Å². The second kappa shape index (κ2) is 3.21. The van der Waals surface area contributed by atoms with Crippen LogP contribution >= 0.6 is 15.9 Å². The van der Waals surface area contributed by atoms with E-state index in [4.69, 9.17) is 0 Å². The Kier molecular flexibility index (Phi) is 2.61. The molecule has 1 saturated carbocycles. The van der Waals surface area contributed by atoms with Gasteiger partial charge in [-0.05, 0) is 33.7 Å². The second-order valence-electron chi connectivity index (χ2n) is 3.81. The van der Waals surface area contributed by atoms with Crippen LogP contribution in [-0.4, -0.2) is 13.1 Å². The van der Waals surface area contributed by atoms with E-state index in [9.17, 15) is 4.79 Å². The number of ether oxygens (including phenoxy) is 1. The van der Waals surface area contributed by atoms with E-state index >= 15 is 0 Å². The number of carbonyl (C=O) groups is 1. The van der Waals surface area contributed by atoms with Crippen LogP contribution < -0.4 is 0 Å². The summed E-state index contributed by atoms with van der Waals surface area (Å²) >= 11 is 3.18. The molecular weight excluding hydrogens is 220 g/mol. The third-order valence-corrected chi connectivity index (χ3v) is 2.91. The topological polar surface area (TPSA) is 26.3 Å². The van der Waals surface area contributed by atoms with Crippen molar-refractivity contribution >= 4 is 21.9 Å². The van der Waals surface area contributed by atoms with Gasteiger partial charge in [-0.2, -0.15) is 0 Å². The lowest BCUT2D eigenvalue weighted by Gasteiger charge is -1.98. The molecule has 12 heavy (non-hydrogen) atoms. The average molecular weight is 233 g/mol. The molecule has 0 radical (unpaired) electrons. The summed E-state index contributed by atoms with van der Waals surface area (Å²) in [6.45, 7) is 4.37. The lowest BCUT2D eigenvalue weighted by atomic mass is 10.1. The van der Waals surface area contributed by atoms with Crippen molar-refractivity contribution < 1.29 is 9.53 Å². The quantitative estimate of drug-likeness (QED) is 0.541. The van der Waals surface area contributed by atoms with Gasteiger partial charge in [0.1, 0.15) is 0 Å². The number of allylic oxidation sites excluding steroid dienone is 1. The van der Waals surface area contributed by atoms with Crippen molar-refractivity contribution in [3.8, 4) is 0 Å². The minimum absolute atomic E-state index is 0.294. The highest BCUT2D eigenvalue weighted by Gasteiger charge is 2.44. The zero-order valence-electron chi connectivity index (χ0n) is 7.56. The Bertz CT molecular complexity index is 231. The number of hydrogen-bond donors (Lipinski definition) is 0. The van der Waals surface area contributed by atoms with Crippen molar-refractivity contribution in [2.75, 3.05) is 7.11 Å². The van der Waals surface area contributed by atoms with E-state index in [1.165, 1.54) is 7.11 Å². The monoisotopic (exact) mass is 232 g/mol. The minimum atomic E-state index is -0.294. The molecule has 1 rings (SSSR count). The highest BCUT2D eigenvalue weighted by atomic mass is 79.9. The fraction of sp³-hybridized carbons (Fsp3) is 0.667. The van der Waals surface area contributed by atoms with E-state index < -0.39 is 0 Å². The van der Waals surface area contributed by atoms with Crippen LogP contribution in [0.25, 0.3) is 0 Å².